The van der Waals surface area contributed by atoms with Gasteiger partial charge in [-0.1, -0.05) is 19.9 Å². The summed E-state index contributed by atoms with van der Waals surface area (Å²) in [5.41, 5.74) is 4.17. The van der Waals surface area contributed by atoms with Gasteiger partial charge >= 0.3 is 0 Å². The maximum atomic E-state index is 3.69. The van der Waals surface area contributed by atoms with Gasteiger partial charge in [-0.2, -0.15) is 0 Å². The third-order valence-electron chi connectivity index (χ3n) is 4.20. The van der Waals surface area contributed by atoms with Crippen molar-refractivity contribution in [3.05, 3.63) is 29.3 Å². The van der Waals surface area contributed by atoms with Crippen LogP contribution in [0.3, 0.4) is 0 Å². The molecular weight excluding hydrogens is 232 g/mol. The summed E-state index contributed by atoms with van der Waals surface area (Å²) in [6.45, 7) is 12.5. The molecule has 0 saturated carbocycles. The number of aryl methyl sites for hydroxylation is 2. The van der Waals surface area contributed by atoms with Crippen LogP contribution in [0, 0.1) is 19.8 Å². The SMILES string of the molecule is CCCNC1CC(C)CN(c2ccc(C)c(C)c2)C1. The lowest BCUT2D eigenvalue weighted by atomic mass is 9.95. The van der Waals surface area contributed by atoms with Crippen LogP contribution >= 0.6 is 0 Å². The first-order valence-corrected chi connectivity index (χ1v) is 7.65. The van der Waals surface area contributed by atoms with Gasteiger partial charge in [0.15, 0.2) is 0 Å². The Balaban J connectivity index is 2.07. The topological polar surface area (TPSA) is 15.3 Å². The number of rotatable bonds is 4. The molecule has 2 rings (SSSR count). The molecular formula is C17H28N2. The first kappa shape index (κ1) is 14.4. The molecule has 1 aromatic rings. The lowest BCUT2D eigenvalue weighted by Crippen LogP contribution is -2.49. The average molecular weight is 260 g/mol. The summed E-state index contributed by atoms with van der Waals surface area (Å²) in [6.07, 6.45) is 2.52. The van der Waals surface area contributed by atoms with E-state index in [4.69, 9.17) is 0 Å². The molecule has 1 aliphatic rings. The minimum absolute atomic E-state index is 0.644. The average Bonchev–Trinajstić information content (AvgIpc) is 2.39. The molecule has 0 aliphatic carbocycles. The third kappa shape index (κ3) is 3.73. The number of benzene rings is 1. The summed E-state index contributed by atoms with van der Waals surface area (Å²) in [4.78, 5) is 2.55. The van der Waals surface area contributed by atoms with Crippen LogP contribution in [0.25, 0.3) is 0 Å². The predicted molar refractivity (Wildman–Crippen MR) is 84.0 cm³/mol. The second-order valence-corrected chi connectivity index (χ2v) is 6.17. The molecule has 2 atom stereocenters. The first-order valence-electron chi connectivity index (χ1n) is 7.65. The Bertz CT molecular complexity index is 414. The van der Waals surface area contributed by atoms with E-state index < -0.39 is 0 Å². The maximum Gasteiger partial charge on any atom is 0.0369 e. The molecule has 2 heteroatoms. The van der Waals surface area contributed by atoms with Crippen LogP contribution in [0.15, 0.2) is 18.2 Å². The second-order valence-electron chi connectivity index (χ2n) is 6.17. The van der Waals surface area contributed by atoms with Gasteiger partial charge in [-0.15, -0.1) is 0 Å². The molecule has 0 amide bonds. The number of nitrogens with one attached hydrogen (secondary N) is 1. The molecule has 1 heterocycles. The van der Waals surface area contributed by atoms with E-state index in [1.165, 1.54) is 36.2 Å². The van der Waals surface area contributed by atoms with Gasteiger partial charge in [0, 0.05) is 24.8 Å². The fourth-order valence-electron chi connectivity index (χ4n) is 2.98. The Morgan fingerprint density at radius 3 is 2.68 bits per heavy atom. The van der Waals surface area contributed by atoms with Gasteiger partial charge in [0.25, 0.3) is 0 Å². The Kier molecular flexibility index (Phi) is 4.87. The number of hydrogen-bond acceptors (Lipinski definition) is 2. The highest BCUT2D eigenvalue weighted by Gasteiger charge is 2.24. The minimum atomic E-state index is 0.644. The Labute approximate surface area is 118 Å². The molecule has 0 bridgehead atoms. The number of anilines is 1. The van der Waals surface area contributed by atoms with Crippen molar-refractivity contribution >= 4 is 5.69 Å². The van der Waals surface area contributed by atoms with Crippen LogP contribution in [-0.2, 0) is 0 Å². The number of hydrogen-bond donors (Lipinski definition) is 1. The van der Waals surface area contributed by atoms with E-state index in [1.807, 2.05) is 0 Å². The zero-order valence-corrected chi connectivity index (χ0v) is 12.9. The summed E-state index contributed by atoms with van der Waals surface area (Å²) < 4.78 is 0. The van der Waals surface area contributed by atoms with E-state index in [0.717, 1.165) is 19.0 Å². The number of nitrogens with zero attached hydrogens (tertiary/aromatic N) is 1. The smallest absolute Gasteiger partial charge is 0.0369 e. The van der Waals surface area contributed by atoms with Gasteiger partial charge in [-0.05, 0) is 62.4 Å². The third-order valence-corrected chi connectivity index (χ3v) is 4.20. The molecule has 0 aromatic heterocycles. The van der Waals surface area contributed by atoms with Gasteiger partial charge < -0.3 is 10.2 Å². The van der Waals surface area contributed by atoms with E-state index >= 15 is 0 Å². The van der Waals surface area contributed by atoms with Crippen molar-refractivity contribution in [3.63, 3.8) is 0 Å². The maximum absolute atomic E-state index is 3.69. The van der Waals surface area contributed by atoms with Crippen molar-refractivity contribution in [3.8, 4) is 0 Å². The lowest BCUT2D eigenvalue weighted by Gasteiger charge is -2.38. The quantitative estimate of drug-likeness (QED) is 0.891. The molecule has 0 radical (unpaired) electrons. The van der Waals surface area contributed by atoms with Gasteiger partial charge in [-0.25, -0.2) is 0 Å². The first-order chi connectivity index (χ1) is 9.10. The van der Waals surface area contributed by atoms with Gasteiger partial charge in [0.2, 0.25) is 0 Å². The van der Waals surface area contributed by atoms with Crippen LogP contribution in [0.2, 0.25) is 0 Å². The minimum Gasteiger partial charge on any atom is -0.370 e. The zero-order chi connectivity index (χ0) is 13.8. The Hall–Kier alpha value is -1.02. The molecule has 19 heavy (non-hydrogen) atoms. The van der Waals surface area contributed by atoms with E-state index in [0.29, 0.717) is 6.04 Å². The fourth-order valence-corrected chi connectivity index (χ4v) is 2.98. The summed E-state index contributed by atoms with van der Waals surface area (Å²) in [7, 11) is 0. The molecule has 106 valence electrons. The molecule has 0 spiro atoms. The van der Waals surface area contributed by atoms with Crippen LogP contribution < -0.4 is 10.2 Å². The normalized spacial score (nSPS) is 23.7. The standard InChI is InChI=1S/C17H28N2/c1-5-8-18-16-9-13(2)11-19(12-16)17-7-6-14(3)15(4)10-17/h6-7,10,13,16,18H,5,8-9,11-12H2,1-4H3. The summed E-state index contributed by atoms with van der Waals surface area (Å²) >= 11 is 0. The number of piperidine rings is 1. The highest BCUT2D eigenvalue weighted by molar-refractivity contribution is 5.51. The van der Waals surface area contributed by atoms with Crippen LogP contribution in [0.4, 0.5) is 5.69 Å². The molecule has 2 unspecified atom stereocenters. The van der Waals surface area contributed by atoms with Crippen molar-refractivity contribution in [2.45, 2.75) is 46.6 Å². The monoisotopic (exact) mass is 260 g/mol. The van der Waals surface area contributed by atoms with Crippen molar-refractivity contribution in [1.29, 1.82) is 0 Å². The highest BCUT2D eigenvalue weighted by Crippen LogP contribution is 2.25. The van der Waals surface area contributed by atoms with E-state index in [1.54, 1.807) is 0 Å². The van der Waals surface area contributed by atoms with Gasteiger partial charge in [-0.3, -0.25) is 0 Å². The van der Waals surface area contributed by atoms with E-state index in [9.17, 15) is 0 Å². The predicted octanol–water partition coefficient (Wildman–Crippen LogP) is 3.52. The summed E-state index contributed by atoms with van der Waals surface area (Å²) in [5.74, 6) is 0.768. The van der Waals surface area contributed by atoms with Crippen molar-refractivity contribution in [2.24, 2.45) is 5.92 Å². The fraction of sp³-hybridized carbons (Fsp3) is 0.647. The van der Waals surface area contributed by atoms with Crippen molar-refractivity contribution in [1.82, 2.24) is 5.32 Å². The summed E-state index contributed by atoms with van der Waals surface area (Å²) in [6, 6.07) is 7.50. The Morgan fingerprint density at radius 1 is 1.21 bits per heavy atom. The van der Waals surface area contributed by atoms with Crippen LogP contribution in [-0.4, -0.2) is 25.7 Å². The molecule has 1 aliphatic heterocycles. The molecule has 1 fully saturated rings. The van der Waals surface area contributed by atoms with Crippen molar-refractivity contribution < 1.29 is 0 Å². The zero-order valence-electron chi connectivity index (χ0n) is 12.9. The summed E-state index contributed by atoms with van der Waals surface area (Å²) in [5, 5.41) is 3.69. The van der Waals surface area contributed by atoms with Crippen molar-refractivity contribution in [2.75, 3.05) is 24.5 Å². The van der Waals surface area contributed by atoms with Gasteiger partial charge in [0.05, 0.1) is 0 Å². The molecule has 1 saturated heterocycles. The molecule has 1 aromatic carbocycles. The molecule has 1 N–H and O–H groups in total. The van der Waals surface area contributed by atoms with E-state index in [-0.39, 0.29) is 0 Å². The Morgan fingerprint density at radius 2 is 2.00 bits per heavy atom. The van der Waals surface area contributed by atoms with Crippen LogP contribution in [0.1, 0.15) is 37.8 Å². The van der Waals surface area contributed by atoms with Crippen LogP contribution in [0.5, 0.6) is 0 Å². The highest BCUT2D eigenvalue weighted by atomic mass is 15.2. The lowest BCUT2D eigenvalue weighted by molar-refractivity contribution is 0.351. The van der Waals surface area contributed by atoms with E-state index in [2.05, 4.69) is 56.1 Å². The molecule has 2 nitrogen and oxygen atoms in total. The van der Waals surface area contributed by atoms with Gasteiger partial charge in [0.1, 0.15) is 0 Å². The largest absolute Gasteiger partial charge is 0.370 e. The second kappa shape index (κ2) is 6.42.